The average Bonchev–Trinajstić information content (AvgIpc) is 2.91. The van der Waals surface area contributed by atoms with Crippen molar-refractivity contribution in [3.05, 3.63) is 34.3 Å². The highest BCUT2D eigenvalue weighted by Gasteiger charge is 2.09. The minimum Gasteiger partial charge on any atom is -0.373 e. The summed E-state index contributed by atoms with van der Waals surface area (Å²) in [5.41, 5.74) is 2.45. The molecule has 2 N–H and O–H groups in total. The van der Waals surface area contributed by atoms with E-state index in [9.17, 15) is 0 Å². The van der Waals surface area contributed by atoms with E-state index in [1.807, 2.05) is 7.05 Å². The Labute approximate surface area is 111 Å². The van der Waals surface area contributed by atoms with Crippen LogP contribution in [-0.4, -0.2) is 17.0 Å². The molecular weight excluding hydrogens is 244 g/mol. The molecule has 0 atom stereocenters. The second-order valence-electron chi connectivity index (χ2n) is 4.03. The largest absolute Gasteiger partial charge is 0.373 e. The molecule has 96 valence electrons. The van der Waals surface area contributed by atoms with E-state index in [2.05, 4.69) is 44.4 Å². The molecule has 0 bridgehead atoms. The van der Waals surface area contributed by atoms with Crippen molar-refractivity contribution in [1.82, 2.24) is 9.97 Å². The van der Waals surface area contributed by atoms with Crippen LogP contribution in [0.25, 0.3) is 0 Å². The Hall–Kier alpha value is -1.62. The molecule has 18 heavy (non-hydrogen) atoms. The number of nitrogens with one attached hydrogen (secondary N) is 2. The summed E-state index contributed by atoms with van der Waals surface area (Å²) in [5.74, 6) is 1.85. The molecule has 2 rings (SSSR count). The molecule has 0 unspecified atom stereocenters. The fourth-order valence-electron chi connectivity index (χ4n) is 1.85. The highest BCUT2D eigenvalue weighted by Crippen LogP contribution is 2.22. The van der Waals surface area contributed by atoms with E-state index in [0.717, 1.165) is 36.6 Å². The lowest BCUT2D eigenvalue weighted by Gasteiger charge is -2.13. The average molecular weight is 262 g/mol. The molecule has 2 aromatic heterocycles. The number of aromatic nitrogens is 2. The number of thiophene rings is 1. The van der Waals surface area contributed by atoms with Crippen molar-refractivity contribution in [3.8, 4) is 0 Å². The molecule has 2 aromatic rings. The van der Waals surface area contributed by atoms with Gasteiger partial charge in [0.05, 0.1) is 0 Å². The first kappa shape index (κ1) is 12.8. The molecule has 0 aromatic carbocycles. The van der Waals surface area contributed by atoms with Crippen molar-refractivity contribution in [3.63, 3.8) is 0 Å². The summed E-state index contributed by atoms with van der Waals surface area (Å²) in [6.07, 6.45) is 3.65. The molecule has 0 aliphatic carbocycles. The molecule has 0 fully saturated rings. The SMILES string of the molecule is CCCc1c(NC)ncnc1NCc1ccsc1. The van der Waals surface area contributed by atoms with Crippen molar-refractivity contribution in [2.75, 3.05) is 17.7 Å². The number of nitrogens with zero attached hydrogens (tertiary/aromatic N) is 2. The zero-order valence-electron chi connectivity index (χ0n) is 10.7. The van der Waals surface area contributed by atoms with Gasteiger partial charge in [0.2, 0.25) is 0 Å². The molecule has 4 nitrogen and oxygen atoms in total. The molecule has 0 spiro atoms. The van der Waals surface area contributed by atoms with Gasteiger partial charge in [0.25, 0.3) is 0 Å². The maximum atomic E-state index is 4.35. The highest BCUT2D eigenvalue weighted by atomic mass is 32.1. The van der Waals surface area contributed by atoms with Crippen LogP contribution in [0.15, 0.2) is 23.2 Å². The molecule has 5 heteroatoms. The lowest BCUT2D eigenvalue weighted by Crippen LogP contribution is -2.08. The van der Waals surface area contributed by atoms with E-state index in [0.29, 0.717) is 0 Å². The molecule has 0 radical (unpaired) electrons. The van der Waals surface area contributed by atoms with Gasteiger partial charge < -0.3 is 10.6 Å². The molecule has 2 heterocycles. The van der Waals surface area contributed by atoms with Crippen molar-refractivity contribution in [1.29, 1.82) is 0 Å². The summed E-state index contributed by atoms with van der Waals surface area (Å²) in [6.45, 7) is 2.97. The van der Waals surface area contributed by atoms with Crippen molar-refractivity contribution in [2.24, 2.45) is 0 Å². The molecule has 0 saturated heterocycles. The Morgan fingerprint density at radius 1 is 1.28 bits per heavy atom. The van der Waals surface area contributed by atoms with Gasteiger partial charge in [-0.05, 0) is 28.8 Å². The van der Waals surface area contributed by atoms with E-state index in [4.69, 9.17) is 0 Å². The minimum atomic E-state index is 0.806. The van der Waals surface area contributed by atoms with Gasteiger partial charge in [-0.1, -0.05) is 13.3 Å². The topological polar surface area (TPSA) is 49.8 Å². The van der Waals surface area contributed by atoms with Crippen LogP contribution in [-0.2, 0) is 13.0 Å². The summed E-state index contributed by atoms with van der Waals surface area (Å²) in [6, 6.07) is 2.12. The summed E-state index contributed by atoms with van der Waals surface area (Å²) < 4.78 is 0. The first-order chi connectivity index (χ1) is 8.85. The van der Waals surface area contributed by atoms with Crippen LogP contribution in [0.2, 0.25) is 0 Å². The van der Waals surface area contributed by atoms with Crippen LogP contribution in [0.3, 0.4) is 0 Å². The van der Waals surface area contributed by atoms with Crippen LogP contribution in [0, 0.1) is 0 Å². The normalized spacial score (nSPS) is 10.3. The molecule has 0 amide bonds. The predicted octanol–water partition coefficient (Wildman–Crippen LogP) is 3.14. The van der Waals surface area contributed by atoms with Gasteiger partial charge in [0.15, 0.2) is 0 Å². The summed E-state index contributed by atoms with van der Waals surface area (Å²) >= 11 is 1.71. The van der Waals surface area contributed by atoms with E-state index < -0.39 is 0 Å². The first-order valence-corrected chi connectivity index (χ1v) is 7.06. The Balaban J connectivity index is 2.15. The van der Waals surface area contributed by atoms with Gasteiger partial charge in [-0.2, -0.15) is 11.3 Å². The van der Waals surface area contributed by atoms with Crippen molar-refractivity contribution >= 4 is 23.0 Å². The summed E-state index contributed by atoms with van der Waals surface area (Å²) in [5, 5.41) is 10.7. The number of anilines is 2. The second kappa shape index (κ2) is 6.35. The van der Waals surface area contributed by atoms with Crippen LogP contribution in [0.4, 0.5) is 11.6 Å². The third-order valence-electron chi connectivity index (χ3n) is 2.72. The van der Waals surface area contributed by atoms with Gasteiger partial charge >= 0.3 is 0 Å². The molecule has 0 saturated carbocycles. The first-order valence-electron chi connectivity index (χ1n) is 6.11. The minimum absolute atomic E-state index is 0.806. The van der Waals surface area contributed by atoms with Gasteiger partial charge in [-0.25, -0.2) is 9.97 Å². The highest BCUT2D eigenvalue weighted by molar-refractivity contribution is 7.07. The van der Waals surface area contributed by atoms with Crippen molar-refractivity contribution in [2.45, 2.75) is 26.3 Å². The van der Waals surface area contributed by atoms with Crippen LogP contribution in [0.1, 0.15) is 24.5 Å². The third kappa shape index (κ3) is 2.98. The Morgan fingerprint density at radius 3 is 2.78 bits per heavy atom. The van der Waals surface area contributed by atoms with E-state index in [1.165, 1.54) is 5.56 Å². The quantitative estimate of drug-likeness (QED) is 0.839. The fourth-order valence-corrected chi connectivity index (χ4v) is 2.51. The van der Waals surface area contributed by atoms with Gasteiger partial charge in [0.1, 0.15) is 18.0 Å². The maximum Gasteiger partial charge on any atom is 0.134 e. The zero-order chi connectivity index (χ0) is 12.8. The Kier molecular flexibility index (Phi) is 4.52. The zero-order valence-corrected chi connectivity index (χ0v) is 11.5. The van der Waals surface area contributed by atoms with Gasteiger partial charge in [-0.3, -0.25) is 0 Å². The van der Waals surface area contributed by atoms with E-state index in [1.54, 1.807) is 17.7 Å². The number of rotatable bonds is 6. The standard InChI is InChI=1S/C13H18N4S/c1-3-4-11-12(14-2)16-9-17-13(11)15-7-10-5-6-18-8-10/h5-6,8-9H,3-4,7H2,1-2H3,(H2,14,15,16,17). The van der Waals surface area contributed by atoms with E-state index >= 15 is 0 Å². The van der Waals surface area contributed by atoms with Gasteiger partial charge in [-0.15, -0.1) is 0 Å². The molecule has 0 aliphatic heterocycles. The smallest absolute Gasteiger partial charge is 0.134 e. The Bertz CT molecular complexity index is 482. The molecule has 0 aliphatic rings. The maximum absolute atomic E-state index is 4.35. The Morgan fingerprint density at radius 2 is 2.11 bits per heavy atom. The number of hydrogen-bond acceptors (Lipinski definition) is 5. The number of hydrogen-bond donors (Lipinski definition) is 2. The lowest BCUT2D eigenvalue weighted by molar-refractivity contribution is 0.899. The second-order valence-corrected chi connectivity index (χ2v) is 4.81. The molecular formula is C13H18N4S. The summed E-state index contributed by atoms with van der Waals surface area (Å²) in [7, 11) is 1.89. The third-order valence-corrected chi connectivity index (χ3v) is 3.45. The predicted molar refractivity (Wildman–Crippen MR) is 77.2 cm³/mol. The van der Waals surface area contributed by atoms with Gasteiger partial charge in [0, 0.05) is 19.2 Å². The monoisotopic (exact) mass is 262 g/mol. The fraction of sp³-hybridized carbons (Fsp3) is 0.385. The van der Waals surface area contributed by atoms with Crippen LogP contribution < -0.4 is 10.6 Å². The van der Waals surface area contributed by atoms with Crippen LogP contribution in [0.5, 0.6) is 0 Å². The summed E-state index contributed by atoms with van der Waals surface area (Å²) in [4.78, 5) is 8.61. The van der Waals surface area contributed by atoms with E-state index in [-0.39, 0.29) is 0 Å². The van der Waals surface area contributed by atoms with Crippen LogP contribution >= 0.6 is 11.3 Å². The van der Waals surface area contributed by atoms with Crippen molar-refractivity contribution < 1.29 is 0 Å². The lowest BCUT2D eigenvalue weighted by atomic mass is 10.1.